The second-order valence-corrected chi connectivity index (χ2v) is 6.69. The number of phenols is 1. The number of aromatic nitrogens is 2. The van der Waals surface area contributed by atoms with Crippen LogP contribution in [0.4, 0.5) is 0 Å². The van der Waals surface area contributed by atoms with Gasteiger partial charge in [-0.15, -0.1) is 0 Å². The van der Waals surface area contributed by atoms with Crippen molar-refractivity contribution < 1.29 is 14.6 Å². The Morgan fingerprint density at radius 3 is 2.47 bits per heavy atom. The minimum absolute atomic E-state index is 0.165. The minimum atomic E-state index is 0.165. The molecule has 0 bridgehead atoms. The molecule has 30 heavy (non-hydrogen) atoms. The first-order valence-corrected chi connectivity index (χ1v) is 9.60. The summed E-state index contributed by atoms with van der Waals surface area (Å²) in [6.07, 6.45) is 5.68. The van der Waals surface area contributed by atoms with Crippen LogP contribution in [-0.2, 0) is 0 Å². The van der Waals surface area contributed by atoms with E-state index in [1.807, 2.05) is 72.8 Å². The van der Waals surface area contributed by atoms with E-state index in [0.717, 1.165) is 28.1 Å². The molecule has 0 amide bonds. The molecule has 0 aliphatic rings. The van der Waals surface area contributed by atoms with Gasteiger partial charge in [-0.3, -0.25) is 5.10 Å². The third-order valence-electron chi connectivity index (χ3n) is 4.73. The highest BCUT2D eigenvalue weighted by Gasteiger charge is 2.14. The lowest BCUT2D eigenvalue weighted by atomic mass is 10.0. The maximum Gasteiger partial charge on any atom is 0.123 e. The number of hydrogen-bond acceptors (Lipinski definition) is 4. The van der Waals surface area contributed by atoms with Crippen molar-refractivity contribution in [2.24, 2.45) is 0 Å². The fraction of sp³-hybridized carbons (Fsp3) is 0.0800. The second-order valence-electron chi connectivity index (χ2n) is 6.69. The zero-order chi connectivity index (χ0) is 20.8. The smallest absolute Gasteiger partial charge is 0.123 e. The topological polar surface area (TPSA) is 67.4 Å². The van der Waals surface area contributed by atoms with E-state index in [9.17, 15) is 5.11 Å². The van der Waals surface area contributed by atoms with E-state index in [-0.39, 0.29) is 5.75 Å². The van der Waals surface area contributed by atoms with Crippen LogP contribution in [0.5, 0.6) is 17.2 Å². The molecule has 0 fully saturated rings. The van der Waals surface area contributed by atoms with E-state index in [0.29, 0.717) is 17.9 Å². The number of aromatic amines is 1. The van der Waals surface area contributed by atoms with Gasteiger partial charge < -0.3 is 14.6 Å². The number of H-pyrrole nitrogens is 1. The molecule has 0 radical (unpaired) electrons. The van der Waals surface area contributed by atoms with Crippen LogP contribution in [0.1, 0.15) is 5.56 Å². The fourth-order valence-corrected chi connectivity index (χ4v) is 3.18. The first kappa shape index (κ1) is 19.3. The highest BCUT2D eigenvalue weighted by Crippen LogP contribution is 2.38. The number of benzene rings is 3. The Balaban J connectivity index is 1.54. The highest BCUT2D eigenvalue weighted by molar-refractivity contribution is 5.84. The largest absolute Gasteiger partial charge is 0.507 e. The summed E-state index contributed by atoms with van der Waals surface area (Å²) in [4.78, 5) is 0. The molecule has 5 nitrogen and oxygen atoms in total. The van der Waals surface area contributed by atoms with Crippen molar-refractivity contribution in [2.75, 3.05) is 13.7 Å². The van der Waals surface area contributed by atoms with Gasteiger partial charge in [0.15, 0.2) is 0 Å². The Morgan fingerprint density at radius 1 is 0.933 bits per heavy atom. The molecule has 0 unspecified atom stereocenters. The van der Waals surface area contributed by atoms with Crippen molar-refractivity contribution in [2.45, 2.75) is 0 Å². The van der Waals surface area contributed by atoms with Crippen LogP contribution in [0, 0.1) is 0 Å². The van der Waals surface area contributed by atoms with E-state index >= 15 is 0 Å². The van der Waals surface area contributed by atoms with Gasteiger partial charge in [-0.05, 0) is 54.1 Å². The van der Waals surface area contributed by atoms with Gasteiger partial charge in [0, 0.05) is 16.7 Å². The number of nitrogens with one attached hydrogen (secondary N) is 1. The Labute approximate surface area is 175 Å². The van der Waals surface area contributed by atoms with Gasteiger partial charge in [0.2, 0.25) is 0 Å². The van der Waals surface area contributed by atoms with Gasteiger partial charge in [-0.2, -0.15) is 5.10 Å². The summed E-state index contributed by atoms with van der Waals surface area (Å²) in [7, 11) is 1.63. The van der Waals surface area contributed by atoms with Crippen LogP contribution in [0.3, 0.4) is 0 Å². The Bertz CT molecular complexity index is 1130. The second kappa shape index (κ2) is 9.01. The lowest BCUT2D eigenvalue weighted by molar-refractivity contribution is 0.363. The molecule has 0 atom stereocenters. The molecular formula is C25H22N2O3. The normalized spacial score (nSPS) is 11.0. The lowest BCUT2D eigenvalue weighted by Gasteiger charge is -2.10. The number of methoxy groups -OCH3 is 1. The number of ether oxygens (including phenoxy) is 2. The summed E-state index contributed by atoms with van der Waals surface area (Å²) in [5.74, 6) is 1.61. The first-order chi connectivity index (χ1) is 14.7. The number of aromatic hydroxyl groups is 1. The molecule has 2 N–H and O–H groups in total. The van der Waals surface area contributed by atoms with Gasteiger partial charge in [-0.1, -0.05) is 36.4 Å². The van der Waals surface area contributed by atoms with Gasteiger partial charge in [0.05, 0.1) is 19.0 Å². The average molecular weight is 398 g/mol. The zero-order valence-corrected chi connectivity index (χ0v) is 16.6. The summed E-state index contributed by atoms with van der Waals surface area (Å²) in [6.45, 7) is 0.426. The summed E-state index contributed by atoms with van der Waals surface area (Å²) >= 11 is 0. The highest BCUT2D eigenvalue weighted by atomic mass is 16.5. The van der Waals surface area contributed by atoms with Gasteiger partial charge in [-0.25, -0.2) is 0 Å². The van der Waals surface area contributed by atoms with Crippen molar-refractivity contribution in [3.8, 4) is 39.6 Å². The van der Waals surface area contributed by atoms with Crippen molar-refractivity contribution in [3.63, 3.8) is 0 Å². The lowest BCUT2D eigenvalue weighted by Crippen LogP contribution is -1.94. The predicted molar refractivity (Wildman–Crippen MR) is 119 cm³/mol. The molecule has 150 valence electrons. The maximum absolute atomic E-state index is 10.4. The zero-order valence-electron chi connectivity index (χ0n) is 16.6. The Hall–Kier alpha value is -3.99. The van der Waals surface area contributed by atoms with Gasteiger partial charge >= 0.3 is 0 Å². The quantitative estimate of drug-likeness (QED) is 0.428. The van der Waals surface area contributed by atoms with Crippen LogP contribution in [0.15, 0.2) is 85.1 Å². The molecule has 3 aromatic carbocycles. The molecule has 0 aliphatic carbocycles. The predicted octanol–water partition coefficient (Wildman–Crippen LogP) is 5.55. The number of rotatable bonds is 7. The minimum Gasteiger partial charge on any atom is -0.507 e. The van der Waals surface area contributed by atoms with Crippen molar-refractivity contribution >= 4 is 6.08 Å². The van der Waals surface area contributed by atoms with Gasteiger partial charge in [0.1, 0.15) is 23.9 Å². The summed E-state index contributed by atoms with van der Waals surface area (Å²) in [5.41, 5.74) is 4.32. The molecule has 1 aromatic heterocycles. The number of nitrogens with zero attached hydrogens (tertiary/aromatic N) is 1. The SMILES string of the molecule is COc1ccc(-c2[nH]ncc2-c2cc(OC/C=C\c3ccccc3)ccc2O)cc1. The standard InChI is InChI=1S/C25H22N2O3/c1-29-20-11-9-19(10-12-20)25-23(17-26-27-25)22-16-21(13-14-24(22)28)30-15-5-8-18-6-3-2-4-7-18/h2-14,16-17,28H,15H2,1H3,(H,26,27)/b8-5-. The van der Waals surface area contributed by atoms with Crippen LogP contribution < -0.4 is 9.47 Å². The molecule has 1 heterocycles. The monoisotopic (exact) mass is 398 g/mol. The van der Waals surface area contributed by atoms with Crippen LogP contribution >= 0.6 is 0 Å². The fourth-order valence-electron chi connectivity index (χ4n) is 3.18. The Morgan fingerprint density at radius 2 is 1.70 bits per heavy atom. The molecule has 0 saturated heterocycles. The maximum atomic E-state index is 10.4. The summed E-state index contributed by atoms with van der Waals surface area (Å²) < 4.78 is 11.1. The average Bonchev–Trinajstić information content (AvgIpc) is 3.28. The van der Waals surface area contributed by atoms with Crippen LogP contribution in [0.2, 0.25) is 0 Å². The molecule has 4 aromatic rings. The van der Waals surface area contributed by atoms with Gasteiger partial charge in [0.25, 0.3) is 0 Å². The first-order valence-electron chi connectivity index (χ1n) is 9.60. The van der Waals surface area contributed by atoms with E-state index in [4.69, 9.17) is 9.47 Å². The van der Waals surface area contributed by atoms with E-state index in [2.05, 4.69) is 10.2 Å². The molecular weight excluding hydrogens is 376 g/mol. The molecule has 0 spiro atoms. The Kier molecular flexibility index (Phi) is 5.80. The van der Waals surface area contributed by atoms with E-state index in [1.165, 1.54) is 0 Å². The molecule has 4 rings (SSSR count). The van der Waals surface area contributed by atoms with Crippen molar-refractivity contribution in [1.82, 2.24) is 10.2 Å². The summed E-state index contributed by atoms with van der Waals surface area (Å²) in [6, 6.07) is 22.9. The third kappa shape index (κ3) is 4.36. The van der Waals surface area contributed by atoms with Crippen molar-refractivity contribution in [1.29, 1.82) is 0 Å². The van der Waals surface area contributed by atoms with E-state index in [1.54, 1.807) is 25.4 Å². The van der Waals surface area contributed by atoms with Crippen LogP contribution in [-0.4, -0.2) is 29.0 Å². The molecule has 5 heteroatoms. The molecule has 0 saturated carbocycles. The number of phenolic OH excluding ortho intramolecular Hbond substituents is 1. The van der Waals surface area contributed by atoms with Crippen molar-refractivity contribution in [3.05, 3.63) is 90.6 Å². The third-order valence-corrected chi connectivity index (χ3v) is 4.73. The summed E-state index contributed by atoms with van der Waals surface area (Å²) in [5, 5.41) is 17.6. The number of hydrogen-bond donors (Lipinski definition) is 2. The molecule has 0 aliphatic heterocycles. The van der Waals surface area contributed by atoms with Crippen LogP contribution in [0.25, 0.3) is 28.5 Å². The van der Waals surface area contributed by atoms with E-state index < -0.39 is 0 Å².